The summed E-state index contributed by atoms with van der Waals surface area (Å²) in [6.45, 7) is 1.84. The minimum atomic E-state index is -0.286. The quantitative estimate of drug-likeness (QED) is 0.557. The zero-order chi connectivity index (χ0) is 19.7. The molecule has 0 spiro atoms. The number of carbonyl (C=O) groups is 1. The molecule has 1 amide bonds. The van der Waals surface area contributed by atoms with Crippen LogP contribution in [0.2, 0.25) is 0 Å². The number of para-hydroxylation sites is 1. The van der Waals surface area contributed by atoms with E-state index >= 15 is 0 Å². The van der Waals surface area contributed by atoms with Gasteiger partial charge in [0.2, 0.25) is 4.96 Å². The maximum atomic E-state index is 12.9. The van der Waals surface area contributed by atoms with Crippen LogP contribution in [0.25, 0.3) is 15.5 Å². The van der Waals surface area contributed by atoms with Crippen LogP contribution in [0.4, 0.5) is 5.69 Å². The lowest BCUT2D eigenvalue weighted by molar-refractivity contribution is 0.102. The molecule has 0 saturated carbocycles. The lowest BCUT2D eigenvalue weighted by Gasteiger charge is -2.12. The molecular weight excluding hydrogens is 378 g/mol. The first-order valence-corrected chi connectivity index (χ1v) is 9.24. The molecule has 0 fully saturated rings. The number of aryl methyl sites for hydroxylation is 1. The van der Waals surface area contributed by atoms with Crippen molar-refractivity contribution in [2.45, 2.75) is 6.92 Å². The Hall–Kier alpha value is -3.46. The number of hydrogen-bond acceptors (Lipinski definition) is 7. The molecule has 1 N–H and O–H groups in total. The summed E-state index contributed by atoms with van der Waals surface area (Å²) in [6, 6.07) is 12.5. The van der Waals surface area contributed by atoms with Crippen LogP contribution >= 0.6 is 11.3 Å². The summed E-state index contributed by atoms with van der Waals surface area (Å²) >= 11 is 1.41. The number of anilines is 1. The van der Waals surface area contributed by atoms with Crippen molar-refractivity contribution in [3.05, 3.63) is 53.9 Å². The Bertz CT molecular complexity index is 1170. The van der Waals surface area contributed by atoms with Crippen LogP contribution in [-0.4, -0.2) is 39.9 Å². The Labute approximate surface area is 164 Å². The summed E-state index contributed by atoms with van der Waals surface area (Å²) in [5, 5.41) is 16.3. The lowest BCUT2D eigenvalue weighted by Crippen LogP contribution is -2.14. The molecule has 4 aromatic rings. The fraction of sp³-hybridized carbons (Fsp3) is 0.158. The molecule has 0 aliphatic carbocycles. The second kappa shape index (κ2) is 7.28. The summed E-state index contributed by atoms with van der Waals surface area (Å²) in [7, 11) is 3.08. The SMILES string of the molecule is COc1ccc(C(=O)Nc2ccccc2-c2nn3c(C)nnc3s2)c(OC)c1. The molecule has 2 aromatic heterocycles. The number of ether oxygens (including phenoxy) is 2. The third-order valence-corrected chi connectivity index (χ3v) is 5.14. The smallest absolute Gasteiger partial charge is 0.259 e. The van der Waals surface area contributed by atoms with Gasteiger partial charge in [-0.2, -0.15) is 9.61 Å². The molecule has 0 saturated heterocycles. The van der Waals surface area contributed by atoms with Crippen molar-refractivity contribution in [1.29, 1.82) is 0 Å². The zero-order valence-corrected chi connectivity index (χ0v) is 16.3. The minimum absolute atomic E-state index is 0.286. The van der Waals surface area contributed by atoms with Gasteiger partial charge in [0.15, 0.2) is 5.82 Å². The average molecular weight is 395 g/mol. The predicted octanol–water partition coefficient (Wildman–Crippen LogP) is 3.43. The number of benzene rings is 2. The van der Waals surface area contributed by atoms with Crippen LogP contribution in [0.5, 0.6) is 11.5 Å². The van der Waals surface area contributed by atoms with E-state index in [4.69, 9.17) is 9.47 Å². The van der Waals surface area contributed by atoms with E-state index in [1.165, 1.54) is 18.4 Å². The zero-order valence-electron chi connectivity index (χ0n) is 15.5. The fourth-order valence-electron chi connectivity index (χ4n) is 2.78. The molecule has 142 valence electrons. The molecule has 2 heterocycles. The molecule has 0 bridgehead atoms. The summed E-state index contributed by atoms with van der Waals surface area (Å²) in [4.78, 5) is 13.6. The summed E-state index contributed by atoms with van der Waals surface area (Å²) in [5.41, 5.74) is 1.86. The molecule has 9 heteroatoms. The molecule has 4 rings (SSSR count). The van der Waals surface area contributed by atoms with Crippen molar-refractivity contribution in [1.82, 2.24) is 19.8 Å². The maximum absolute atomic E-state index is 12.9. The Kier molecular flexibility index (Phi) is 4.66. The van der Waals surface area contributed by atoms with Gasteiger partial charge in [-0.05, 0) is 31.2 Å². The van der Waals surface area contributed by atoms with Crippen molar-refractivity contribution in [3.8, 4) is 22.1 Å². The van der Waals surface area contributed by atoms with E-state index in [1.807, 2.05) is 31.2 Å². The van der Waals surface area contributed by atoms with E-state index in [0.29, 0.717) is 33.5 Å². The van der Waals surface area contributed by atoms with E-state index < -0.39 is 0 Å². The average Bonchev–Trinajstić information content (AvgIpc) is 3.29. The number of methoxy groups -OCH3 is 2. The van der Waals surface area contributed by atoms with Gasteiger partial charge in [-0.15, -0.1) is 10.2 Å². The Morgan fingerprint density at radius 2 is 1.93 bits per heavy atom. The van der Waals surface area contributed by atoms with Gasteiger partial charge in [0.25, 0.3) is 5.91 Å². The monoisotopic (exact) mass is 395 g/mol. The van der Waals surface area contributed by atoms with Crippen LogP contribution in [0.3, 0.4) is 0 Å². The lowest BCUT2D eigenvalue weighted by atomic mass is 10.1. The van der Waals surface area contributed by atoms with Gasteiger partial charge in [0.05, 0.1) is 25.5 Å². The van der Waals surface area contributed by atoms with Crippen LogP contribution < -0.4 is 14.8 Å². The van der Waals surface area contributed by atoms with E-state index in [0.717, 1.165) is 10.6 Å². The normalized spacial score (nSPS) is 10.8. The topological polar surface area (TPSA) is 90.6 Å². The van der Waals surface area contributed by atoms with Crippen LogP contribution in [0.15, 0.2) is 42.5 Å². The first-order valence-electron chi connectivity index (χ1n) is 8.42. The summed E-state index contributed by atoms with van der Waals surface area (Å²) in [6.07, 6.45) is 0. The van der Waals surface area contributed by atoms with Crippen LogP contribution in [-0.2, 0) is 0 Å². The Morgan fingerprint density at radius 1 is 1.11 bits per heavy atom. The van der Waals surface area contributed by atoms with Gasteiger partial charge in [-0.1, -0.05) is 23.5 Å². The van der Waals surface area contributed by atoms with Crippen molar-refractivity contribution < 1.29 is 14.3 Å². The van der Waals surface area contributed by atoms with Crippen LogP contribution in [0.1, 0.15) is 16.2 Å². The largest absolute Gasteiger partial charge is 0.497 e. The molecule has 0 radical (unpaired) electrons. The molecule has 2 aromatic carbocycles. The number of amides is 1. The number of carbonyl (C=O) groups excluding carboxylic acids is 1. The highest BCUT2D eigenvalue weighted by Crippen LogP contribution is 2.32. The van der Waals surface area contributed by atoms with Gasteiger partial charge >= 0.3 is 0 Å². The van der Waals surface area contributed by atoms with Crippen molar-refractivity contribution in [2.24, 2.45) is 0 Å². The van der Waals surface area contributed by atoms with Gasteiger partial charge in [0.1, 0.15) is 16.5 Å². The van der Waals surface area contributed by atoms with E-state index in [-0.39, 0.29) is 5.91 Å². The molecule has 0 aliphatic rings. The first-order chi connectivity index (χ1) is 13.6. The van der Waals surface area contributed by atoms with Crippen molar-refractivity contribution in [3.63, 3.8) is 0 Å². The Balaban J connectivity index is 1.68. The molecule has 0 aliphatic heterocycles. The molecule has 0 unspecified atom stereocenters. The van der Waals surface area contributed by atoms with Crippen molar-refractivity contribution >= 4 is 27.9 Å². The minimum Gasteiger partial charge on any atom is -0.497 e. The number of fused-ring (bicyclic) bond motifs is 1. The van der Waals surface area contributed by atoms with Crippen molar-refractivity contribution in [2.75, 3.05) is 19.5 Å². The fourth-order valence-corrected chi connectivity index (χ4v) is 3.70. The number of aromatic nitrogens is 4. The number of hydrogen-bond donors (Lipinski definition) is 1. The summed E-state index contributed by atoms with van der Waals surface area (Å²) in [5.74, 6) is 1.47. The highest BCUT2D eigenvalue weighted by molar-refractivity contribution is 7.19. The second-order valence-corrected chi connectivity index (χ2v) is 6.87. The highest BCUT2D eigenvalue weighted by Gasteiger charge is 2.18. The van der Waals surface area contributed by atoms with E-state index in [2.05, 4.69) is 20.6 Å². The van der Waals surface area contributed by atoms with Crippen LogP contribution in [0, 0.1) is 6.92 Å². The van der Waals surface area contributed by atoms with Gasteiger partial charge < -0.3 is 14.8 Å². The molecule has 28 heavy (non-hydrogen) atoms. The first kappa shape index (κ1) is 17.9. The number of nitrogens with zero attached hydrogens (tertiary/aromatic N) is 4. The maximum Gasteiger partial charge on any atom is 0.259 e. The van der Waals surface area contributed by atoms with Gasteiger partial charge in [-0.3, -0.25) is 4.79 Å². The molecular formula is C19H17N5O3S. The number of rotatable bonds is 5. The second-order valence-electron chi connectivity index (χ2n) is 5.91. The predicted molar refractivity (Wildman–Crippen MR) is 106 cm³/mol. The summed E-state index contributed by atoms with van der Waals surface area (Å²) < 4.78 is 12.2. The van der Waals surface area contributed by atoms with Gasteiger partial charge in [0, 0.05) is 11.6 Å². The Morgan fingerprint density at radius 3 is 2.68 bits per heavy atom. The van der Waals surface area contributed by atoms with E-state index in [9.17, 15) is 4.79 Å². The molecule has 8 nitrogen and oxygen atoms in total. The third kappa shape index (κ3) is 3.16. The number of nitrogens with one attached hydrogen (secondary N) is 1. The standard InChI is InChI=1S/C19H17N5O3S/c1-11-21-22-19-24(11)23-18(28-19)13-6-4-5-7-15(13)20-17(25)14-9-8-12(26-2)10-16(14)27-3/h4-10H,1-3H3,(H,20,25). The highest BCUT2D eigenvalue weighted by atomic mass is 32.1. The van der Waals surface area contributed by atoms with Gasteiger partial charge in [-0.25, -0.2) is 0 Å². The van der Waals surface area contributed by atoms with E-state index in [1.54, 1.807) is 29.8 Å². The third-order valence-electron chi connectivity index (χ3n) is 4.21. The molecule has 0 atom stereocenters.